The molecule has 7 heteroatoms. The minimum atomic E-state index is -0.132. The maximum atomic E-state index is 12.5. The highest BCUT2D eigenvalue weighted by Crippen LogP contribution is 2.35. The Kier molecular flexibility index (Phi) is 5.09. The molecule has 0 bridgehead atoms. The number of aryl methyl sites for hydroxylation is 2. The van der Waals surface area contributed by atoms with Crippen LogP contribution < -0.4 is 10.6 Å². The van der Waals surface area contributed by atoms with Gasteiger partial charge in [0.1, 0.15) is 5.82 Å². The highest BCUT2D eigenvalue weighted by atomic mass is 32.2. The third-order valence-electron chi connectivity index (χ3n) is 4.86. The first-order valence-electron chi connectivity index (χ1n) is 9.34. The molecule has 2 amide bonds. The van der Waals surface area contributed by atoms with Crippen molar-refractivity contribution in [1.82, 2.24) is 14.9 Å². The minimum Gasteiger partial charge on any atom is -0.352 e. The molecule has 0 saturated heterocycles. The molecule has 2 N–H and O–H groups in total. The van der Waals surface area contributed by atoms with E-state index >= 15 is 0 Å². The summed E-state index contributed by atoms with van der Waals surface area (Å²) < 4.78 is 2.17. The second kappa shape index (κ2) is 7.67. The van der Waals surface area contributed by atoms with Gasteiger partial charge in [-0.3, -0.25) is 9.59 Å². The fourth-order valence-electron chi connectivity index (χ4n) is 3.37. The van der Waals surface area contributed by atoms with Gasteiger partial charge in [0.15, 0.2) is 0 Å². The van der Waals surface area contributed by atoms with Crippen LogP contribution in [-0.4, -0.2) is 33.2 Å². The summed E-state index contributed by atoms with van der Waals surface area (Å²) in [6, 6.07) is 13.5. The Morgan fingerprint density at radius 3 is 2.96 bits per heavy atom. The third-order valence-corrected chi connectivity index (χ3v) is 6.04. The van der Waals surface area contributed by atoms with E-state index in [0.717, 1.165) is 34.7 Å². The van der Waals surface area contributed by atoms with Gasteiger partial charge < -0.3 is 15.2 Å². The molecule has 1 atom stereocenters. The molecular weight excluding hydrogens is 372 g/mol. The molecule has 0 aliphatic carbocycles. The van der Waals surface area contributed by atoms with Crippen molar-refractivity contribution in [3.8, 4) is 0 Å². The first-order chi connectivity index (χ1) is 13.5. The smallest absolute Gasteiger partial charge is 0.251 e. The van der Waals surface area contributed by atoms with Gasteiger partial charge in [0.05, 0.1) is 22.0 Å². The number of carbonyl (C=O) groups excluding carboxylic acids is 2. The zero-order valence-electron chi connectivity index (χ0n) is 15.9. The molecule has 28 heavy (non-hydrogen) atoms. The Morgan fingerprint density at radius 1 is 1.29 bits per heavy atom. The topological polar surface area (TPSA) is 76.0 Å². The number of benzene rings is 2. The lowest BCUT2D eigenvalue weighted by molar-refractivity contribution is -0.115. The molecule has 2 aromatic carbocycles. The number of carbonyl (C=O) groups is 2. The van der Waals surface area contributed by atoms with Crippen LogP contribution >= 0.6 is 11.8 Å². The van der Waals surface area contributed by atoms with Crippen molar-refractivity contribution in [2.24, 2.45) is 0 Å². The van der Waals surface area contributed by atoms with Crippen LogP contribution in [0.5, 0.6) is 0 Å². The van der Waals surface area contributed by atoms with Gasteiger partial charge in [-0.25, -0.2) is 4.98 Å². The maximum absolute atomic E-state index is 12.5. The van der Waals surface area contributed by atoms with Crippen LogP contribution in [-0.2, 0) is 11.3 Å². The van der Waals surface area contributed by atoms with Crippen LogP contribution in [0.4, 0.5) is 5.69 Å². The van der Waals surface area contributed by atoms with E-state index in [0.29, 0.717) is 17.8 Å². The fraction of sp³-hybridized carbons (Fsp3) is 0.286. The molecular formula is C21H22N4O2S. The molecule has 0 saturated carbocycles. The number of aromatic nitrogens is 2. The van der Waals surface area contributed by atoms with E-state index in [2.05, 4.69) is 26.3 Å². The van der Waals surface area contributed by atoms with Gasteiger partial charge in [0, 0.05) is 23.5 Å². The van der Waals surface area contributed by atoms with Gasteiger partial charge in [-0.2, -0.15) is 0 Å². The van der Waals surface area contributed by atoms with E-state index in [1.54, 1.807) is 12.1 Å². The van der Waals surface area contributed by atoms with Gasteiger partial charge >= 0.3 is 0 Å². The first-order valence-corrected chi connectivity index (χ1v) is 10.2. The number of rotatable bonds is 5. The summed E-state index contributed by atoms with van der Waals surface area (Å²) in [5.74, 6) is 0.815. The quantitative estimate of drug-likeness (QED) is 0.649. The van der Waals surface area contributed by atoms with Gasteiger partial charge in [0.2, 0.25) is 5.91 Å². The monoisotopic (exact) mass is 394 g/mol. The van der Waals surface area contributed by atoms with Gasteiger partial charge in [-0.15, -0.1) is 11.8 Å². The second-order valence-electron chi connectivity index (χ2n) is 6.87. The van der Waals surface area contributed by atoms with Crippen molar-refractivity contribution in [2.75, 3.05) is 11.9 Å². The molecule has 1 aliphatic rings. The van der Waals surface area contributed by atoms with E-state index < -0.39 is 0 Å². The van der Waals surface area contributed by atoms with Crippen LogP contribution in [0.1, 0.15) is 29.5 Å². The number of imidazole rings is 1. The first kappa shape index (κ1) is 18.6. The van der Waals surface area contributed by atoms with Crippen molar-refractivity contribution in [2.45, 2.75) is 37.0 Å². The van der Waals surface area contributed by atoms with Gasteiger partial charge in [-0.05, 0) is 50.6 Å². The van der Waals surface area contributed by atoms with Crippen LogP contribution in [0.25, 0.3) is 11.0 Å². The van der Waals surface area contributed by atoms with Crippen molar-refractivity contribution >= 4 is 40.3 Å². The van der Waals surface area contributed by atoms with Crippen LogP contribution in [0.2, 0.25) is 0 Å². The minimum absolute atomic E-state index is 0.0296. The Morgan fingerprint density at radius 2 is 2.11 bits per heavy atom. The lowest BCUT2D eigenvalue weighted by atomic mass is 10.1. The summed E-state index contributed by atoms with van der Waals surface area (Å²) in [5.41, 5.74) is 3.37. The molecule has 0 spiro atoms. The van der Waals surface area contributed by atoms with Crippen molar-refractivity contribution < 1.29 is 9.59 Å². The molecule has 1 aliphatic heterocycles. The highest BCUT2D eigenvalue weighted by Gasteiger charge is 2.23. The van der Waals surface area contributed by atoms with Crippen molar-refractivity contribution in [3.05, 3.63) is 53.9 Å². The highest BCUT2D eigenvalue weighted by molar-refractivity contribution is 8.00. The molecule has 0 radical (unpaired) electrons. The standard InChI is InChI=1S/C21H22N4O2S/c1-13-20(26)24-17-12-15(8-9-19(17)28-13)21(27)22-10-5-11-25-14(2)23-16-6-3-4-7-18(16)25/h3-4,6-9,12-13H,5,10-11H2,1-2H3,(H,22,27)(H,24,26). The Balaban J connectivity index is 1.35. The summed E-state index contributed by atoms with van der Waals surface area (Å²) >= 11 is 1.51. The molecule has 144 valence electrons. The number of hydrogen-bond donors (Lipinski definition) is 2. The molecule has 2 heterocycles. The number of fused-ring (bicyclic) bond motifs is 2. The van der Waals surface area contributed by atoms with Gasteiger partial charge in [0.25, 0.3) is 5.91 Å². The average Bonchev–Trinajstić information content (AvgIpc) is 3.01. The van der Waals surface area contributed by atoms with Crippen LogP contribution in [0.15, 0.2) is 47.4 Å². The molecule has 1 unspecified atom stereocenters. The van der Waals surface area contributed by atoms with Crippen LogP contribution in [0.3, 0.4) is 0 Å². The number of hydrogen-bond acceptors (Lipinski definition) is 4. The summed E-state index contributed by atoms with van der Waals surface area (Å²) in [4.78, 5) is 29.9. The predicted molar refractivity (Wildman–Crippen MR) is 112 cm³/mol. The number of anilines is 1. The number of thioether (sulfide) groups is 1. The van der Waals surface area contributed by atoms with Gasteiger partial charge in [-0.1, -0.05) is 12.1 Å². The molecule has 0 fully saturated rings. The normalized spacial score (nSPS) is 15.9. The molecule has 6 nitrogen and oxygen atoms in total. The van der Waals surface area contributed by atoms with E-state index in [-0.39, 0.29) is 17.1 Å². The summed E-state index contributed by atoms with van der Waals surface area (Å²) in [5, 5.41) is 5.71. The molecule has 4 rings (SSSR count). The fourth-order valence-corrected chi connectivity index (χ4v) is 4.30. The maximum Gasteiger partial charge on any atom is 0.251 e. The number of nitrogens with one attached hydrogen (secondary N) is 2. The van der Waals surface area contributed by atoms with Crippen molar-refractivity contribution in [1.29, 1.82) is 0 Å². The Hall–Kier alpha value is -2.80. The van der Waals surface area contributed by atoms with E-state index in [4.69, 9.17) is 0 Å². The molecule has 3 aromatic rings. The largest absolute Gasteiger partial charge is 0.352 e. The summed E-state index contributed by atoms with van der Waals surface area (Å²) in [7, 11) is 0. The number of amides is 2. The number of nitrogens with zero attached hydrogens (tertiary/aromatic N) is 2. The Bertz CT molecular complexity index is 1060. The number of para-hydroxylation sites is 2. The summed E-state index contributed by atoms with van der Waals surface area (Å²) in [6.07, 6.45) is 0.808. The predicted octanol–water partition coefficient (Wildman–Crippen LogP) is 3.60. The van der Waals surface area contributed by atoms with E-state index in [1.165, 1.54) is 11.8 Å². The van der Waals surface area contributed by atoms with E-state index in [1.807, 2.05) is 38.1 Å². The van der Waals surface area contributed by atoms with Crippen molar-refractivity contribution in [3.63, 3.8) is 0 Å². The molecule has 1 aromatic heterocycles. The Labute approximate surface area is 167 Å². The lowest BCUT2D eigenvalue weighted by Gasteiger charge is -2.21. The zero-order valence-corrected chi connectivity index (χ0v) is 16.7. The summed E-state index contributed by atoms with van der Waals surface area (Å²) in [6.45, 7) is 5.23. The van der Waals surface area contributed by atoms with E-state index in [9.17, 15) is 9.59 Å². The average molecular weight is 395 g/mol. The van der Waals surface area contributed by atoms with Crippen LogP contribution in [0, 0.1) is 6.92 Å². The lowest BCUT2D eigenvalue weighted by Crippen LogP contribution is -2.28. The third kappa shape index (κ3) is 3.62. The zero-order chi connectivity index (χ0) is 19.7. The SMILES string of the molecule is Cc1nc2ccccc2n1CCCNC(=O)c1ccc2c(c1)NC(=O)C(C)S2. The second-order valence-corrected chi connectivity index (χ2v) is 8.25.